The molecule has 0 fully saturated rings. The summed E-state index contributed by atoms with van der Waals surface area (Å²) in [6, 6.07) is 11.1. The number of carbonyl (C=O) groups excluding carboxylic acids is 2. The number of rotatable bonds is 4. The highest BCUT2D eigenvalue weighted by molar-refractivity contribution is 5.95. The third-order valence-corrected chi connectivity index (χ3v) is 2.67. The number of nitrogens with zero attached hydrogens (tertiary/aromatic N) is 1. The molecule has 1 heterocycles. The number of carbonyl (C=O) groups is 2. The normalized spacial score (nSPS) is 10.7. The summed E-state index contributed by atoms with van der Waals surface area (Å²) in [6.45, 7) is 0.239. The topological polar surface area (TPSA) is 68.3 Å². The van der Waals surface area contributed by atoms with Gasteiger partial charge in [-0.1, -0.05) is 30.3 Å². The number of methoxy groups -OCH3 is 1. The molecule has 0 bridgehead atoms. The Morgan fingerprint density at radius 3 is 2.85 bits per heavy atom. The molecule has 0 unspecified atom stereocenters. The molecule has 1 aromatic carbocycles. The van der Waals surface area contributed by atoms with E-state index >= 15 is 0 Å². The summed E-state index contributed by atoms with van der Waals surface area (Å²) in [5, 5.41) is 3.63. The minimum Gasteiger partial charge on any atom is -0.466 e. The third-order valence-electron chi connectivity index (χ3n) is 2.67. The summed E-state index contributed by atoms with van der Waals surface area (Å²) in [6.07, 6.45) is 2.78. The second kappa shape index (κ2) is 6.47. The summed E-state index contributed by atoms with van der Waals surface area (Å²) in [5.41, 5.74) is 1.11. The number of hydrogen-bond donors (Lipinski definition) is 1. The van der Waals surface area contributed by atoms with Crippen molar-refractivity contribution >= 4 is 22.8 Å². The quantitative estimate of drug-likeness (QED) is 0.678. The Labute approximate surface area is 116 Å². The fourth-order valence-electron chi connectivity index (χ4n) is 1.66. The van der Waals surface area contributed by atoms with Gasteiger partial charge in [0.1, 0.15) is 5.69 Å². The van der Waals surface area contributed by atoms with Crippen LogP contribution in [0.3, 0.4) is 0 Å². The van der Waals surface area contributed by atoms with Crippen molar-refractivity contribution in [3.63, 3.8) is 0 Å². The van der Waals surface area contributed by atoms with E-state index in [0.29, 0.717) is 5.69 Å². The van der Waals surface area contributed by atoms with E-state index in [1.54, 1.807) is 6.07 Å². The predicted molar refractivity (Wildman–Crippen MR) is 75.2 cm³/mol. The molecule has 0 atom stereocenters. The van der Waals surface area contributed by atoms with Gasteiger partial charge < -0.3 is 10.1 Å². The van der Waals surface area contributed by atoms with Gasteiger partial charge in [-0.15, -0.1) is 0 Å². The zero-order chi connectivity index (χ0) is 14.4. The Balaban J connectivity index is 2.00. The van der Waals surface area contributed by atoms with Gasteiger partial charge in [0.15, 0.2) is 0 Å². The first-order valence-corrected chi connectivity index (χ1v) is 6.09. The fourth-order valence-corrected chi connectivity index (χ4v) is 1.66. The monoisotopic (exact) mass is 270 g/mol. The van der Waals surface area contributed by atoms with Crippen LogP contribution in [-0.4, -0.2) is 30.5 Å². The molecule has 0 aliphatic rings. The average Bonchev–Trinajstić information content (AvgIpc) is 2.50. The van der Waals surface area contributed by atoms with Crippen LogP contribution in [0.1, 0.15) is 10.5 Å². The smallest absolute Gasteiger partial charge is 0.330 e. The second-order valence-electron chi connectivity index (χ2n) is 4.02. The number of benzene rings is 1. The zero-order valence-electron chi connectivity index (χ0n) is 11.0. The minimum absolute atomic E-state index is 0.239. The van der Waals surface area contributed by atoms with Gasteiger partial charge in [-0.2, -0.15) is 0 Å². The molecule has 20 heavy (non-hydrogen) atoms. The van der Waals surface area contributed by atoms with Crippen molar-refractivity contribution in [3.8, 4) is 0 Å². The highest BCUT2D eigenvalue weighted by Gasteiger charge is 2.06. The number of nitrogens with one attached hydrogen (secondary N) is 1. The summed E-state index contributed by atoms with van der Waals surface area (Å²) in [4.78, 5) is 27.0. The van der Waals surface area contributed by atoms with Crippen molar-refractivity contribution in [2.75, 3.05) is 13.7 Å². The predicted octanol–water partition coefficient (Wildman–Crippen LogP) is 1.69. The van der Waals surface area contributed by atoms with Crippen LogP contribution in [0.4, 0.5) is 0 Å². The lowest BCUT2D eigenvalue weighted by Gasteiger charge is -2.03. The van der Waals surface area contributed by atoms with Crippen LogP contribution in [0.25, 0.3) is 10.9 Å². The Morgan fingerprint density at radius 2 is 2.05 bits per heavy atom. The molecule has 5 heteroatoms. The van der Waals surface area contributed by atoms with Crippen molar-refractivity contribution in [2.45, 2.75) is 0 Å². The van der Waals surface area contributed by atoms with E-state index in [1.165, 1.54) is 19.3 Å². The first kappa shape index (κ1) is 13.7. The van der Waals surface area contributed by atoms with Gasteiger partial charge in [-0.05, 0) is 12.1 Å². The lowest BCUT2D eigenvalue weighted by molar-refractivity contribution is -0.134. The van der Waals surface area contributed by atoms with Gasteiger partial charge in [0.2, 0.25) is 0 Å². The fraction of sp³-hybridized carbons (Fsp3) is 0.133. The van der Waals surface area contributed by atoms with Crippen molar-refractivity contribution in [1.82, 2.24) is 10.3 Å². The van der Waals surface area contributed by atoms with Gasteiger partial charge in [0.05, 0.1) is 12.6 Å². The number of ether oxygens (including phenoxy) is 1. The number of hydrogen-bond acceptors (Lipinski definition) is 4. The Hall–Kier alpha value is -2.69. The number of amides is 1. The van der Waals surface area contributed by atoms with Gasteiger partial charge in [0, 0.05) is 18.0 Å². The molecule has 1 aromatic heterocycles. The maximum atomic E-state index is 11.9. The van der Waals surface area contributed by atoms with Crippen LogP contribution < -0.4 is 5.32 Å². The SMILES string of the molecule is COC(=O)/C=C/CNC(=O)c1ccc2ccccc2n1. The molecule has 0 saturated carbocycles. The molecule has 0 aliphatic heterocycles. The van der Waals surface area contributed by atoms with E-state index in [-0.39, 0.29) is 12.5 Å². The molecule has 1 amide bonds. The van der Waals surface area contributed by atoms with E-state index in [0.717, 1.165) is 10.9 Å². The van der Waals surface area contributed by atoms with Gasteiger partial charge in [0.25, 0.3) is 5.91 Å². The van der Waals surface area contributed by atoms with Crippen molar-refractivity contribution < 1.29 is 14.3 Å². The Bertz CT molecular complexity index is 665. The van der Waals surface area contributed by atoms with Gasteiger partial charge >= 0.3 is 5.97 Å². The maximum Gasteiger partial charge on any atom is 0.330 e. The summed E-state index contributed by atoms with van der Waals surface area (Å²) in [7, 11) is 1.30. The summed E-state index contributed by atoms with van der Waals surface area (Å²) in [5.74, 6) is -0.742. The molecule has 0 radical (unpaired) electrons. The maximum absolute atomic E-state index is 11.9. The number of aromatic nitrogens is 1. The first-order chi connectivity index (χ1) is 9.70. The molecule has 0 aliphatic carbocycles. The number of pyridine rings is 1. The summed E-state index contributed by atoms with van der Waals surface area (Å²) < 4.78 is 4.44. The zero-order valence-corrected chi connectivity index (χ0v) is 11.0. The highest BCUT2D eigenvalue weighted by atomic mass is 16.5. The molecule has 0 spiro atoms. The van der Waals surface area contributed by atoms with Gasteiger partial charge in [-0.3, -0.25) is 4.79 Å². The minimum atomic E-state index is -0.455. The molecule has 102 valence electrons. The number of para-hydroxylation sites is 1. The largest absolute Gasteiger partial charge is 0.466 e. The average molecular weight is 270 g/mol. The number of fused-ring (bicyclic) bond motifs is 1. The molecule has 0 saturated heterocycles. The van der Waals surface area contributed by atoms with Crippen LogP contribution >= 0.6 is 0 Å². The van der Waals surface area contributed by atoms with Crippen molar-refractivity contribution in [3.05, 3.63) is 54.2 Å². The lowest BCUT2D eigenvalue weighted by atomic mass is 10.2. The molecule has 1 N–H and O–H groups in total. The molecular weight excluding hydrogens is 256 g/mol. The van der Waals surface area contributed by atoms with E-state index in [9.17, 15) is 9.59 Å². The van der Waals surface area contributed by atoms with E-state index in [4.69, 9.17) is 0 Å². The molecule has 2 aromatic rings. The number of esters is 1. The summed E-state index contributed by atoms with van der Waals surface area (Å²) >= 11 is 0. The van der Waals surface area contributed by atoms with Crippen LogP contribution in [0.2, 0.25) is 0 Å². The molecule has 2 rings (SSSR count). The highest BCUT2D eigenvalue weighted by Crippen LogP contribution is 2.11. The Morgan fingerprint density at radius 1 is 1.25 bits per heavy atom. The van der Waals surface area contributed by atoms with Crippen molar-refractivity contribution in [1.29, 1.82) is 0 Å². The molecule has 5 nitrogen and oxygen atoms in total. The van der Waals surface area contributed by atoms with Gasteiger partial charge in [-0.25, -0.2) is 9.78 Å². The van der Waals surface area contributed by atoms with Crippen LogP contribution in [0.5, 0.6) is 0 Å². The van der Waals surface area contributed by atoms with E-state index < -0.39 is 5.97 Å². The lowest BCUT2D eigenvalue weighted by Crippen LogP contribution is -2.24. The van der Waals surface area contributed by atoms with Crippen LogP contribution in [0.15, 0.2) is 48.6 Å². The third kappa shape index (κ3) is 3.41. The molecular formula is C15H14N2O3. The standard InChI is InChI=1S/C15H14N2O3/c1-20-14(18)7-4-10-16-15(19)13-9-8-11-5-2-3-6-12(11)17-13/h2-9H,10H2,1H3,(H,16,19)/b7-4+. The Kier molecular flexibility index (Phi) is 4.44. The second-order valence-corrected chi connectivity index (χ2v) is 4.02. The van der Waals surface area contributed by atoms with E-state index in [2.05, 4.69) is 15.0 Å². The first-order valence-electron chi connectivity index (χ1n) is 6.09. The van der Waals surface area contributed by atoms with Crippen LogP contribution in [-0.2, 0) is 9.53 Å². The van der Waals surface area contributed by atoms with E-state index in [1.807, 2.05) is 30.3 Å². The van der Waals surface area contributed by atoms with Crippen molar-refractivity contribution in [2.24, 2.45) is 0 Å². The van der Waals surface area contributed by atoms with Crippen LogP contribution in [0, 0.1) is 0 Å².